The van der Waals surface area contributed by atoms with Crippen molar-refractivity contribution in [2.75, 3.05) is 0 Å². The van der Waals surface area contributed by atoms with Gasteiger partial charge in [-0.05, 0) is 42.7 Å². The lowest BCUT2D eigenvalue weighted by Gasteiger charge is -2.31. The maximum atomic E-state index is 14.0. The Balaban J connectivity index is 1.74. The molecule has 2 aromatic carbocycles. The molecule has 4 aromatic rings. The summed E-state index contributed by atoms with van der Waals surface area (Å²) in [6.45, 7) is 7.08. The summed E-state index contributed by atoms with van der Waals surface area (Å²) in [5.41, 5.74) is 2.64. The van der Waals surface area contributed by atoms with Crippen molar-refractivity contribution >= 4 is 20.9 Å². The highest BCUT2D eigenvalue weighted by Crippen LogP contribution is 2.29. The molecule has 0 aliphatic rings. The molecule has 4 rings (SSSR count). The fraction of sp³-hybridized carbons (Fsp3) is 0.269. The van der Waals surface area contributed by atoms with Gasteiger partial charge in [0, 0.05) is 36.1 Å². The first-order chi connectivity index (χ1) is 15.4. The van der Waals surface area contributed by atoms with Crippen LogP contribution >= 0.6 is 0 Å². The number of pyridine rings is 1. The van der Waals surface area contributed by atoms with Crippen LogP contribution in [0.3, 0.4) is 0 Å². The van der Waals surface area contributed by atoms with E-state index in [1.54, 1.807) is 22.6 Å². The number of aromatic nitrogens is 2. The normalized spacial score (nSPS) is 13.2. The molecule has 5 nitrogen and oxygen atoms in total. The third-order valence-corrected chi connectivity index (χ3v) is 8.00. The van der Waals surface area contributed by atoms with E-state index in [0.29, 0.717) is 18.6 Å². The molecule has 0 aliphatic heterocycles. The minimum atomic E-state index is -3.78. The molecular formula is C26H29N3O2S. The van der Waals surface area contributed by atoms with E-state index >= 15 is 0 Å². The molecule has 0 radical (unpaired) electrons. The van der Waals surface area contributed by atoms with Gasteiger partial charge >= 0.3 is 0 Å². The van der Waals surface area contributed by atoms with Crippen LogP contribution in [0, 0.1) is 5.92 Å². The molecule has 0 saturated carbocycles. The zero-order chi connectivity index (χ0) is 22.7. The number of benzene rings is 2. The standard InChI is InChI=1S/C26H29N3O2S/c1-20(2)21(3)29(19-24-14-9-17-28(24)18-22-10-5-4-6-11-22)32(30,31)25-15-7-12-23-13-8-16-27-26(23)25/h4-17,20-21H,18-19H2,1-3H3. The minimum Gasteiger partial charge on any atom is -0.346 e. The van der Waals surface area contributed by atoms with Gasteiger partial charge in [0.15, 0.2) is 0 Å². The molecule has 32 heavy (non-hydrogen) atoms. The molecule has 0 fully saturated rings. The molecule has 0 bridgehead atoms. The first-order valence-corrected chi connectivity index (χ1v) is 12.4. The van der Waals surface area contributed by atoms with E-state index in [2.05, 4.69) is 35.5 Å². The van der Waals surface area contributed by atoms with Gasteiger partial charge in [-0.2, -0.15) is 4.31 Å². The molecule has 1 atom stereocenters. The molecule has 2 aromatic heterocycles. The quantitative estimate of drug-likeness (QED) is 0.367. The van der Waals surface area contributed by atoms with E-state index in [-0.39, 0.29) is 16.9 Å². The van der Waals surface area contributed by atoms with E-state index < -0.39 is 10.0 Å². The van der Waals surface area contributed by atoms with Crippen molar-refractivity contribution < 1.29 is 8.42 Å². The zero-order valence-electron chi connectivity index (χ0n) is 18.7. The summed E-state index contributed by atoms with van der Waals surface area (Å²) in [6, 6.07) is 23.0. The highest BCUT2D eigenvalue weighted by Gasteiger charge is 2.33. The minimum absolute atomic E-state index is 0.158. The van der Waals surface area contributed by atoms with Crippen LogP contribution in [0.4, 0.5) is 0 Å². The first-order valence-electron chi connectivity index (χ1n) is 10.9. The molecule has 2 heterocycles. The van der Waals surface area contributed by atoms with Crippen molar-refractivity contribution in [2.24, 2.45) is 5.92 Å². The number of para-hydroxylation sites is 1. The van der Waals surface area contributed by atoms with E-state index in [4.69, 9.17) is 0 Å². The van der Waals surface area contributed by atoms with E-state index in [1.165, 1.54) is 5.56 Å². The van der Waals surface area contributed by atoms with Crippen LogP contribution in [-0.2, 0) is 23.1 Å². The van der Waals surface area contributed by atoms with E-state index in [9.17, 15) is 8.42 Å². The molecule has 6 heteroatoms. The Kier molecular flexibility index (Phi) is 6.44. The lowest BCUT2D eigenvalue weighted by atomic mass is 10.1. The first kappa shape index (κ1) is 22.2. The number of rotatable bonds is 8. The van der Waals surface area contributed by atoms with Crippen LogP contribution in [0.1, 0.15) is 32.0 Å². The molecule has 0 aliphatic carbocycles. The Labute approximate surface area is 190 Å². The summed E-state index contributed by atoms with van der Waals surface area (Å²) in [5.74, 6) is 0.158. The fourth-order valence-corrected chi connectivity index (χ4v) is 5.78. The van der Waals surface area contributed by atoms with Crippen molar-refractivity contribution in [3.8, 4) is 0 Å². The van der Waals surface area contributed by atoms with Crippen molar-refractivity contribution in [1.82, 2.24) is 13.9 Å². The molecular weight excluding hydrogens is 418 g/mol. The largest absolute Gasteiger partial charge is 0.346 e. The van der Waals surface area contributed by atoms with Gasteiger partial charge in [-0.25, -0.2) is 8.42 Å². The summed E-state index contributed by atoms with van der Waals surface area (Å²) >= 11 is 0. The maximum Gasteiger partial charge on any atom is 0.245 e. The van der Waals surface area contributed by atoms with Crippen LogP contribution in [0.25, 0.3) is 10.9 Å². The lowest BCUT2D eigenvalue weighted by Crippen LogP contribution is -2.41. The van der Waals surface area contributed by atoms with Crippen molar-refractivity contribution in [3.05, 3.63) is 96.4 Å². The van der Waals surface area contributed by atoms with Gasteiger partial charge in [-0.1, -0.05) is 62.4 Å². The van der Waals surface area contributed by atoms with Crippen molar-refractivity contribution in [3.63, 3.8) is 0 Å². The average Bonchev–Trinajstić information content (AvgIpc) is 3.23. The summed E-state index contributed by atoms with van der Waals surface area (Å²) in [6.07, 6.45) is 3.65. The predicted molar refractivity (Wildman–Crippen MR) is 129 cm³/mol. The predicted octanol–water partition coefficient (Wildman–Crippen LogP) is 5.32. The third kappa shape index (κ3) is 4.47. The van der Waals surface area contributed by atoms with Crippen molar-refractivity contribution in [1.29, 1.82) is 0 Å². The molecule has 0 amide bonds. The highest BCUT2D eigenvalue weighted by atomic mass is 32.2. The number of hydrogen-bond acceptors (Lipinski definition) is 3. The van der Waals surface area contributed by atoms with Crippen molar-refractivity contribution in [2.45, 2.75) is 44.8 Å². The summed E-state index contributed by atoms with van der Waals surface area (Å²) < 4.78 is 31.7. The zero-order valence-corrected chi connectivity index (χ0v) is 19.5. The van der Waals surface area contributed by atoms with Crippen LogP contribution < -0.4 is 0 Å². The van der Waals surface area contributed by atoms with Gasteiger partial charge in [0.05, 0.1) is 12.1 Å². The Morgan fingerprint density at radius 1 is 0.906 bits per heavy atom. The number of nitrogens with zero attached hydrogens (tertiary/aromatic N) is 3. The summed E-state index contributed by atoms with van der Waals surface area (Å²) in [4.78, 5) is 4.65. The monoisotopic (exact) mass is 447 g/mol. The molecule has 166 valence electrons. The van der Waals surface area contributed by atoms with Gasteiger partial charge in [-0.3, -0.25) is 4.98 Å². The molecule has 0 N–H and O–H groups in total. The molecule has 0 saturated heterocycles. The van der Waals surface area contributed by atoms with Crippen LogP contribution in [0.5, 0.6) is 0 Å². The Hall–Kier alpha value is -2.96. The summed E-state index contributed by atoms with van der Waals surface area (Å²) in [5, 5.41) is 0.818. The van der Waals surface area contributed by atoms with Gasteiger partial charge in [0.2, 0.25) is 10.0 Å². The van der Waals surface area contributed by atoms with Gasteiger partial charge in [-0.15, -0.1) is 0 Å². The second-order valence-corrected chi connectivity index (χ2v) is 10.3. The Bertz CT molecular complexity index is 1290. The third-order valence-electron chi connectivity index (χ3n) is 6.04. The summed E-state index contributed by atoms with van der Waals surface area (Å²) in [7, 11) is -3.78. The van der Waals surface area contributed by atoms with Crippen LogP contribution in [0.15, 0.2) is 90.1 Å². The molecule has 0 spiro atoms. The second-order valence-electron chi connectivity index (χ2n) is 8.48. The highest BCUT2D eigenvalue weighted by molar-refractivity contribution is 7.89. The number of sulfonamides is 1. The topological polar surface area (TPSA) is 55.2 Å². The van der Waals surface area contributed by atoms with Gasteiger partial charge in [0.1, 0.15) is 4.90 Å². The fourth-order valence-electron chi connectivity index (χ4n) is 3.88. The maximum absolute atomic E-state index is 14.0. The van der Waals surface area contributed by atoms with Crippen LogP contribution in [0.2, 0.25) is 0 Å². The van der Waals surface area contributed by atoms with Gasteiger partial charge < -0.3 is 4.57 Å². The van der Waals surface area contributed by atoms with Crippen LogP contribution in [-0.4, -0.2) is 28.3 Å². The van der Waals surface area contributed by atoms with E-state index in [0.717, 1.165) is 11.1 Å². The molecule has 1 unspecified atom stereocenters. The number of fused-ring (bicyclic) bond motifs is 1. The SMILES string of the molecule is CC(C)C(C)N(Cc1cccn1Cc1ccccc1)S(=O)(=O)c1cccc2cccnc12. The van der Waals surface area contributed by atoms with E-state index in [1.807, 2.05) is 61.7 Å². The smallest absolute Gasteiger partial charge is 0.245 e. The van der Waals surface area contributed by atoms with Gasteiger partial charge in [0.25, 0.3) is 0 Å². The lowest BCUT2D eigenvalue weighted by molar-refractivity contribution is 0.266. The Morgan fingerprint density at radius 3 is 2.41 bits per heavy atom. The Morgan fingerprint density at radius 2 is 1.66 bits per heavy atom. The second kappa shape index (κ2) is 9.27. The number of hydrogen-bond donors (Lipinski definition) is 0. The average molecular weight is 448 g/mol.